The fourth-order valence-electron chi connectivity index (χ4n) is 1.05. The number of carbonyl (C=O) groups excluding carboxylic acids is 1. The molecule has 0 aliphatic heterocycles. The van der Waals surface area contributed by atoms with Crippen molar-refractivity contribution in [2.24, 2.45) is 0 Å². The first-order valence-corrected chi connectivity index (χ1v) is 5.45. The molecule has 0 aliphatic carbocycles. The van der Waals surface area contributed by atoms with E-state index >= 15 is 0 Å². The zero-order chi connectivity index (χ0) is 12.8. The molecule has 0 atom stereocenters. The van der Waals surface area contributed by atoms with Crippen LogP contribution in [0, 0.1) is 21.4 Å². The molecule has 0 radical (unpaired) electrons. The second-order valence-electron chi connectivity index (χ2n) is 2.91. The number of methoxy groups -OCH3 is 1. The quantitative estimate of drug-likeness (QED) is 0.350. The molecule has 17 heavy (non-hydrogen) atoms. The largest absolute Gasteiger partial charge is 0.468 e. The number of ether oxygens (including phenoxy) is 1. The Bertz CT molecular complexity index is 496. The summed E-state index contributed by atoms with van der Waals surface area (Å²) in [5.41, 5.74) is -0.264. The number of benzene rings is 1. The summed E-state index contributed by atoms with van der Waals surface area (Å²) in [7, 11) is 1.28. The standard InChI is InChI=1S/C10H8N2O4S/c1-16-10(13)6-17-8-2-3-9(12(14)15)7(4-8)5-11/h2-4H,6H2,1H3. The number of hydrogen-bond acceptors (Lipinski definition) is 6. The van der Waals surface area contributed by atoms with Crippen LogP contribution < -0.4 is 0 Å². The van der Waals surface area contributed by atoms with Gasteiger partial charge in [-0.1, -0.05) is 0 Å². The molecule has 0 unspecified atom stereocenters. The molecular weight excluding hydrogens is 244 g/mol. The van der Waals surface area contributed by atoms with Crippen LogP contribution in [0.3, 0.4) is 0 Å². The number of nitro groups is 1. The predicted octanol–water partition coefficient (Wildman–Crippen LogP) is 1.73. The Labute approximate surface area is 101 Å². The van der Waals surface area contributed by atoms with Gasteiger partial charge in [0.15, 0.2) is 0 Å². The summed E-state index contributed by atoms with van der Waals surface area (Å²) in [5.74, 6) is -0.300. The van der Waals surface area contributed by atoms with Crippen molar-refractivity contribution in [3.63, 3.8) is 0 Å². The molecule has 0 fully saturated rings. The van der Waals surface area contributed by atoms with Crippen LogP contribution in [0.4, 0.5) is 5.69 Å². The van der Waals surface area contributed by atoms with Crippen LogP contribution in [0.2, 0.25) is 0 Å². The average molecular weight is 252 g/mol. The van der Waals surface area contributed by atoms with E-state index in [4.69, 9.17) is 5.26 Å². The van der Waals surface area contributed by atoms with Gasteiger partial charge in [0.2, 0.25) is 0 Å². The van der Waals surface area contributed by atoms with Gasteiger partial charge in [-0.05, 0) is 12.1 Å². The zero-order valence-electron chi connectivity index (χ0n) is 8.87. The van der Waals surface area contributed by atoms with Gasteiger partial charge >= 0.3 is 5.97 Å². The second-order valence-corrected chi connectivity index (χ2v) is 3.96. The molecule has 88 valence electrons. The van der Waals surface area contributed by atoms with Gasteiger partial charge in [0, 0.05) is 11.0 Å². The molecule has 1 rings (SSSR count). The van der Waals surface area contributed by atoms with Crippen LogP contribution in [0.15, 0.2) is 23.1 Å². The Balaban J connectivity index is 2.87. The topological polar surface area (TPSA) is 93.2 Å². The van der Waals surface area contributed by atoms with Crippen LogP contribution in [-0.4, -0.2) is 23.8 Å². The summed E-state index contributed by atoms with van der Waals surface area (Å²) in [6.45, 7) is 0. The summed E-state index contributed by atoms with van der Waals surface area (Å²) < 4.78 is 4.46. The third kappa shape index (κ3) is 3.46. The third-order valence-electron chi connectivity index (χ3n) is 1.87. The van der Waals surface area contributed by atoms with Gasteiger partial charge in [0.05, 0.1) is 17.8 Å². The number of hydrogen-bond donors (Lipinski definition) is 0. The normalized spacial score (nSPS) is 9.41. The SMILES string of the molecule is COC(=O)CSc1ccc([N+](=O)[O-])c(C#N)c1. The minimum Gasteiger partial charge on any atom is -0.468 e. The van der Waals surface area contributed by atoms with Crippen molar-refractivity contribution < 1.29 is 14.5 Å². The summed E-state index contributed by atoms with van der Waals surface area (Å²) >= 11 is 1.15. The Hall–Kier alpha value is -2.07. The van der Waals surface area contributed by atoms with E-state index in [0.717, 1.165) is 11.8 Å². The first kappa shape index (κ1) is 13.0. The summed E-state index contributed by atoms with van der Waals surface area (Å²) in [6, 6.07) is 5.87. The molecule has 0 N–H and O–H groups in total. The van der Waals surface area contributed by atoms with Crippen molar-refractivity contribution in [1.82, 2.24) is 0 Å². The minimum absolute atomic E-state index is 0.0233. The molecular formula is C10H8N2O4S. The Morgan fingerprint density at radius 2 is 2.35 bits per heavy atom. The molecule has 0 heterocycles. The molecule has 0 saturated carbocycles. The van der Waals surface area contributed by atoms with E-state index in [1.54, 1.807) is 6.07 Å². The van der Waals surface area contributed by atoms with Crippen LogP contribution >= 0.6 is 11.8 Å². The van der Waals surface area contributed by atoms with E-state index in [9.17, 15) is 14.9 Å². The number of carbonyl (C=O) groups is 1. The van der Waals surface area contributed by atoms with Gasteiger partial charge in [-0.2, -0.15) is 5.26 Å². The van der Waals surface area contributed by atoms with Gasteiger partial charge in [0.25, 0.3) is 5.69 Å². The van der Waals surface area contributed by atoms with Crippen molar-refractivity contribution in [1.29, 1.82) is 5.26 Å². The van der Waals surface area contributed by atoms with E-state index in [2.05, 4.69) is 4.74 Å². The molecule has 0 amide bonds. The molecule has 1 aromatic rings. The van der Waals surface area contributed by atoms with Crippen molar-refractivity contribution in [3.05, 3.63) is 33.9 Å². The first-order chi connectivity index (χ1) is 8.08. The summed E-state index contributed by atoms with van der Waals surface area (Å²) in [5, 5.41) is 19.3. The van der Waals surface area contributed by atoms with Gasteiger partial charge < -0.3 is 4.74 Å². The second kappa shape index (κ2) is 5.86. The maximum absolute atomic E-state index is 10.9. The highest BCUT2D eigenvalue weighted by atomic mass is 32.2. The monoisotopic (exact) mass is 252 g/mol. The smallest absolute Gasteiger partial charge is 0.315 e. The van der Waals surface area contributed by atoms with Crippen LogP contribution in [0.25, 0.3) is 0 Å². The molecule has 0 bridgehead atoms. The van der Waals surface area contributed by atoms with E-state index in [1.807, 2.05) is 0 Å². The lowest BCUT2D eigenvalue weighted by atomic mass is 10.2. The highest BCUT2D eigenvalue weighted by Crippen LogP contribution is 2.25. The van der Waals surface area contributed by atoms with E-state index in [-0.39, 0.29) is 17.0 Å². The fourth-order valence-corrected chi connectivity index (χ4v) is 1.82. The van der Waals surface area contributed by atoms with Crippen molar-refractivity contribution in [2.45, 2.75) is 4.90 Å². The number of thioether (sulfide) groups is 1. The van der Waals surface area contributed by atoms with Crippen LogP contribution in [-0.2, 0) is 9.53 Å². The fraction of sp³-hybridized carbons (Fsp3) is 0.200. The van der Waals surface area contributed by atoms with Crippen molar-refractivity contribution in [2.75, 3.05) is 12.9 Å². The Morgan fingerprint density at radius 3 is 2.88 bits per heavy atom. The maximum atomic E-state index is 10.9. The predicted molar refractivity (Wildman–Crippen MR) is 60.6 cm³/mol. The van der Waals surface area contributed by atoms with E-state index in [0.29, 0.717) is 4.90 Å². The highest BCUT2D eigenvalue weighted by molar-refractivity contribution is 8.00. The lowest BCUT2D eigenvalue weighted by molar-refractivity contribution is -0.385. The highest BCUT2D eigenvalue weighted by Gasteiger charge is 2.14. The molecule has 1 aromatic carbocycles. The van der Waals surface area contributed by atoms with Crippen molar-refractivity contribution >= 4 is 23.4 Å². The number of nitro benzene ring substituents is 1. The zero-order valence-corrected chi connectivity index (χ0v) is 9.69. The van der Waals surface area contributed by atoms with Gasteiger partial charge in [-0.25, -0.2) is 0 Å². The Kier molecular flexibility index (Phi) is 4.48. The third-order valence-corrected chi connectivity index (χ3v) is 2.84. The Morgan fingerprint density at radius 1 is 1.65 bits per heavy atom. The van der Waals surface area contributed by atoms with Crippen LogP contribution in [0.5, 0.6) is 0 Å². The molecule has 0 aliphatic rings. The molecule has 6 nitrogen and oxygen atoms in total. The molecule has 0 spiro atoms. The number of nitrogens with zero attached hydrogens (tertiary/aromatic N) is 2. The molecule has 7 heteroatoms. The van der Waals surface area contributed by atoms with E-state index in [1.165, 1.54) is 25.3 Å². The number of rotatable bonds is 4. The molecule has 0 saturated heterocycles. The summed E-state index contributed by atoms with van der Waals surface area (Å²) in [4.78, 5) is 21.5. The lowest BCUT2D eigenvalue weighted by Gasteiger charge is -2.01. The average Bonchev–Trinajstić information content (AvgIpc) is 2.35. The maximum Gasteiger partial charge on any atom is 0.315 e. The van der Waals surface area contributed by atoms with Gasteiger partial charge in [-0.3, -0.25) is 14.9 Å². The van der Waals surface area contributed by atoms with Gasteiger partial charge in [-0.15, -0.1) is 11.8 Å². The molecule has 0 aromatic heterocycles. The van der Waals surface area contributed by atoms with Crippen LogP contribution in [0.1, 0.15) is 5.56 Å². The minimum atomic E-state index is -0.618. The number of nitriles is 1. The van der Waals surface area contributed by atoms with Crippen molar-refractivity contribution in [3.8, 4) is 6.07 Å². The number of esters is 1. The lowest BCUT2D eigenvalue weighted by Crippen LogP contribution is -2.02. The first-order valence-electron chi connectivity index (χ1n) is 4.46. The van der Waals surface area contributed by atoms with E-state index < -0.39 is 10.9 Å². The van der Waals surface area contributed by atoms with Gasteiger partial charge in [0.1, 0.15) is 11.6 Å². The summed E-state index contributed by atoms with van der Waals surface area (Å²) in [6.07, 6.45) is 0.